The molecule has 0 radical (unpaired) electrons. The van der Waals surface area contributed by atoms with Gasteiger partial charge in [-0.15, -0.1) is 0 Å². The van der Waals surface area contributed by atoms with Crippen LogP contribution >= 0.6 is 0 Å². The molecule has 0 spiro atoms. The minimum absolute atomic E-state index is 0.168. The highest BCUT2D eigenvalue weighted by molar-refractivity contribution is 5.90. The lowest BCUT2D eigenvalue weighted by atomic mass is 10.2. The van der Waals surface area contributed by atoms with E-state index < -0.39 is 5.97 Å². The number of rotatable bonds is 8. The van der Waals surface area contributed by atoms with Crippen LogP contribution in [0.25, 0.3) is 0 Å². The van der Waals surface area contributed by atoms with E-state index in [2.05, 4.69) is 15.0 Å². The number of ether oxygens (including phenoxy) is 2. The Bertz CT molecular complexity index is 451. The highest BCUT2D eigenvalue weighted by Gasteiger charge is 2.12. The maximum absolute atomic E-state index is 11.6. The fraction of sp³-hybridized carbons (Fsp3) is 0.462. The van der Waals surface area contributed by atoms with Crippen molar-refractivity contribution in [2.45, 2.75) is 13.0 Å². The van der Waals surface area contributed by atoms with E-state index in [0.717, 1.165) is 0 Å². The first-order chi connectivity index (χ1) is 9.69. The number of nitrogens with one attached hydrogen (secondary N) is 1. The van der Waals surface area contributed by atoms with Gasteiger partial charge in [0.1, 0.15) is 0 Å². The molecule has 1 amide bonds. The Kier molecular flexibility index (Phi) is 7.23. The van der Waals surface area contributed by atoms with Crippen molar-refractivity contribution in [1.29, 1.82) is 0 Å². The van der Waals surface area contributed by atoms with Crippen molar-refractivity contribution in [1.82, 2.24) is 10.3 Å². The molecular formula is C13H19N3O4. The smallest absolute Gasteiger partial charge is 0.339 e. The van der Waals surface area contributed by atoms with Gasteiger partial charge in [-0.2, -0.15) is 0 Å². The van der Waals surface area contributed by atoms with Crippen molar-refractivity contribution in [3.8, 4) is 0 Å². The molecule has 0 aliphatic heterocycles. The average Bonchev–Trinajstić information content (AvgIpc) is 2.49. The second-order valence-corrected chi connectivity index (χ2v) is 3.92. The second kappa shape index (κ2) is 9.00. The molecule has 20 heavy (non-hydrogen) atoms. The number of hydrogen-bond acceptors (Lipinski definition) is 6. The molecule has 0 fully saturated rings. The van der Waals surface area contributed by atoms with Crippen LogP contribution in [0.2, 0.25) is 0 Å². The van der Waals surface area contributed by atoms with E-state index in [0.29, 0.717) is 31.0 Å². The Morgan fingerprint density at radius 1 is 1.40 bits per heavy atom. The van der Waals surface area contributed by atoms with Crippen LogP contribution in [-0.2, 0) is 20.8 Å². The van der Waals surface area contributed by atoms with E-state index in [1.807, 2.05) is 0 Å². The van der Waals surface area contributed by atoms with Gasteiger partial charge in [0.05, 0.1) is 38.1 Å². The van der Waals surface area contributed by atoms with Crippen LogP contribution in [0, 0.1) is 0 Å². The maximum Gasteiger partial charge on any atom is 0.339 e. The second-order valence-electron chi connectivity index (χ2n) is 3.92. The predicted octanol–water partition coefficient (Wildman–Crippen LogP) is -0.150. The van der Waals surface area contributed by atoms with Crippen LogP contribution in [0.4, 0.5) is 0 Å². The molecule has 1 heterocycles. The predicted molar refractivity (Wildman–Crippen MR) is 71.9 cm³/mol. The van der Waals surface area contributed by atoms with Gasteiger partial charge < -0.3 is 20.5 Å². The van der Waals surface area contributed by atoms with Crippen LogP contribution < -0.4 is 11.1 Å². The van der Waals surface area contributed by atoms with Crippen molar-refractivity contribution < 1.29 is 19.1 Å². The quantitative estimate of drug-likeness (QED) is 0.507. The van der Waals surface area contributed by atoms with Crippen LogP contribution in [0.3, 0.4) is 0 Å². The third-order valence-corrected chi connectivity index (χ3v) is 2.48. The Labute approximate surface area is 117 Å². The van der Waals surface area contributed by atoms with E-state index >= 15 is 0 Å². The molecule has 0 aliphatic rings. The van der Waals surface area contributed by atoms with Crippen molar-refractivity contribution in [2.75, 3.05) is 26.9 Å². The summed E-state index contributed by atoms with van der Waals surface area (Å²) in [5, 5.41) is 2.67. The zero-order valence-electron chi connectivity index (χ0n) is 11.4. The Hall–Kier alpha value is -1.99. The van der Waals surface area contributed by atoms with E-state index in [1.165, 1.54) is 7.11 Å². The fourth-order valence-corrected chi connectivity index (χ4v) is 1.50. The number of nitrogens with two attached hydrogens (primary N) is 1. The number of nitrogens with zero attached hydrogens (tertiary/aromatic N) is 1. The van der Waals surface area contributed by atoms with E-state index in [9.17, 15) is 9.59 Å². The van der Waals surface area contributed by atoms with Gasteiger partial charge in [0.15, 0.2) is 0 Å². The molecule has 110 valence electrons. The van der Waals surface area contributed by atoms with Crippen molar-refractivity contribution in [3.05, 3.63) is 29.6 Å². The first-order valence-corrected chi connectivity index (χ1v) is 6.25. The zero-order valence-corrected chi connectivity index (χ0v) is 11.4. The Morgan fingerprint density at radius 3 is 2.90 bits per heavy atom. The summed E-state index contributed by atoms with van der Waals surface area (Å²) in [5.74, 6) is -0.655. The van der Waals surface area contributed by atoms with Crippen molar-refractivity contribution in [3.63, 3.8) is 0 Å². The van der Waals surface area contributed by atoms with Crippen LogP contribution in [0.15, 0.2) is 18.3 Å². The summed E-state index contributed by atoms with van der Waals surface area (Å²) in [6, 6.07) is 3.24. The molecule has 0 aliphatic carbocycles. The number of hydrogen-bond donors (Lipinski definition) is 2. The minimum atomic E-state index is -0.478. The minimum Gasteiger partial charge on any atom is -0.465 e. The molecule has 0 unspecified atom stereocenters. The van der Waals surface area contributed by atoms with Crippen LogP contribution in [0.1, 0.15) is 22.5 Å². The molecule has 0 saturated heterocycles. The molecule has 1 aromatic heterocycles. The number of amides is 1. The highest BCUT2D eigenvalue weighted by atomic mass is 16.5. The molecule has 1 rings (SSSR count). The average molecular weight is 281 g/mol. The lowest BCUT2D eigenvalue weighted by Crippen LogP contribution is -2.26. The molecule has 3 N–H and O–H groups in total. The molecular weight excluding hydrogens is 262 g/mol. The Balaban J connectivity index is 2.45. The van der Waals surface area contributed by atoms with Gasteiger partial charge in [0.2, 0.25) is 5.91 Å². The first kappa shape index (κ1) is 16.1. The normalized spacial score (nSPS) is 10.1. The Morgan fingerprint density at radius 2 is 2.20 bits per heavy atom. The van der Waals surface area contributed by atoms with E-state index in [-0.39, 0.29) is 18.9 Å². The van der Waals surface area contributed by atoms with Gasteiger partial charge in [-0.05, 0) is 12.1 Å². The molecule has 1 aromatic rings. The lowest BCUT2D eigenvalue weighted by Gasteiger charge is -2.08. The molecule has 7 nitrogen and oxygen atoms in total. The summed E-state index contributed by atoms with van der Waals surface area (Å²) >= 11 is 0. The van der Waals surface area contributed by atoms with Gasteiger partial charge in [-0.3, -0.25) is 9.78 Å². The standard InChI is InChI=1S/C13H19N3O4/c1-19-13(18)10-3-2-6-15-11(10)9-16-12(17)4-7-20-8-5-14/h2-3,6H,4-5,7-9,14H2,1H3,(H,16,17). The first-order valence-electron chi connectivity index (χ1n) is 6.25. The summed E-state index contributed by atoms with van der Waals surface area (Å²) in [5.41, 5.74) is 6.07. The lowest BCUT2D eigenvalue weighted by molar-refractivity contribution is -0.122. The summed E-state index contributed by atoms with van der Waals surface area (Å²) in [7, 11) is 1.30. The summed E-state index contributed by atoms with van der Waals surface area (Å²) in [4.78, 5) is 27.1. The fourth-order valence-electron chi connectivity index (χ4n) is 1.50. The van der Waals surface area contributed by atoms with Gasteiger partial charge in [-0.1, -0.05) is 0 Å². The van der Waals surface area contributed by atoms with Gasteiger partial charge in [0, 0.05) is 19.2 Å². The summed E-state index contributed by atoms with van der Waals surface area (Å²) in [6.07, 6.45) is 1.79. The molecule has 7 heteroatoms. The molecule has 0 saturated carbocycles. The maximum atomic E-state index is 11.6. The van der Waals surface area contributed by atoms with Gasteiger partial charge in [0.25, 0.3) is 0 Å². The van der Waals surface area contributed by atoms with Crippen LogP contribution in [-0.4, -0.2) is 43.7 Å². The highest BCUT2D eigenvalue weighted by Crippen LogP contribution is 2.06. The molecule has 0 bridgehead atoms. The molecule has 0 aromatic carbocycles. The number of aromatic nitrogens is 1. The van der Waals surface area contributed by atoms with Crippen LogP contribution in [0.5, 0.6) is 0 Å². The van der Waals surface area contributed by atoms with E-state index in [4.69, 9.17) is 10.5 Å². The van der Waals surface area contributed by atoms with Gasteiger partial charge in [-0.25, -0.2) is 4.79 Å². The van der Waals surface area contributed by atoms with E-state index in [1.54, 1.807) is 18.3 Å². The number of carbonyl (C=O) groups is 2. The number of esters is 1. The largest absolute Gasteiger partial charge is 0.465 e. The molecule has 0 atom stereocenters. The SMILES string of the molecule is COC(=O)c1cccnc1CNC(=O)CCOCCN. The number of carbonyl (C=O) groups excluding carboxylic acids is 2. The van der Waals surface area contributed by atoms with Crippen molar-refractivity contribution in [2.24, 2.45) is 5.73 Å². The summed E-state index contributed by atoms with van der Waals surface area (Å²) in [6.45, 7) is 1.34. The topological polar surface area (TPSA) is 104 Å². The summed E-state index contributed by atoms with van der Waals surface area (Å²) < 4.78 is 9.76. The third-order valence-electron chi connectivity index (χ3n) is 2.48. The number of methoxy groups -OCH3 is 1. The third kappa shape index (κ3) is 5.33. The zero-order chi connectivity index (χ0) is 14.8. The van der Waals surface area contributed by atoms with Gasteiger partial charge >= 0.3 is 5.97 Å². The monoisotopic (exact) mass is 281 g/mol. The van der Waals surface area contributed by atoms with Crippen molar-refractivity contribution >= 4 is 11.9 Å². The number of pyridine rings is 1.